The second-order valence-corrected chi connectivity index (χ2v) is 3.73. The minimum absolute atomic E-state index is 0.0465. The number of aromatic nitrogens is 2. The van der Waals surface area contributed by atoms with Gasteiger partial charge in [-0.1, -0.05) is 5.16 Å². The summed E-state index contributed by atoms with van der Waals surface area (Å²) in [5.41, 5.74) is 0.136. The molecule has 2 aromatic rings. The summed E-state index contributed by atoms with van der Waals surface area (Å²) in [5, 5.41) is 12.6. The van der Waals surface area contributed by atoms with Crippen molar-refractivity contribution < 1.29 is 18.4 Å². The molecule has 8 heteroatoms. The zero-order valence-electron chi connectivity index (χ0n) is 7.56. The number of rotatable bonds is 1. The van der Waals surface area contributed by atoms with Gasteiger partial charge in [-0.25, -0.2) is 9.97 Å². The maximum atomic E-state index is 12.4. The predicted octanol–water partition coefficient (Wildman–Crippen LogP) is 2.52. The molecule has 84 valence electrons. The number of fused-ring (bicyclic) bond motifs is 1. The molecule has 0 atom stereocenters. The van der Waals surface area contributed by atoms with Gasteiger partial charge < -0.3 is 5.21 Å². The number of halogens is 3. The van der Waals surface area contributed by atoms with Crippen LogP contribution in [0, 0.1) is 0 Å². The summed E-state index contributed by atoms with van der Waals surface area (Å²) >= 11 is 1.18. The molecule has 0 fully saturated rings. The van der Waals surface area contributed by atoms with E-state index in [2.05, 4.69) is 15.1 Å². The minimum atomic E-state index is -4.62. The largest absolute Gasteiger partial charge is 0.451 e. The summed E-state index contributed by atoms with van der Waals surface area (Å²) < 4.78 is 37.7. The van der Waals surface area contributed by atoms with Gasteiger partial charge in [0, 0.05) is 0 Å². The van der Waals surface area contributed by atoms with Crippen LogP contribution in [0.4, 0.5) is 13.2 Å². The van der Waals surface area contributed by atoms with Gasteiger partial charge in [0.05, 0.1) is 16.4 Å². The van der Waals surface area contributed by atoms with Crippen molar-refractivity contribution in [1.82, 2.24) is 9.97 Å². The third-order valence-corrected chi connectivity index (χ3v) is 2.69. The molecular formula is C8H4F3N3OS. The number of alkyl halides is 3. The highest BCUT2D eigenvalue weighted by Gasteiger charge is 2.35. The van der Waals surface area contributed by atoms with Crippen molar-refractivity contribution in [3.05, 3.63) is 23.0 Å². The summed E-state index contributed by atoms with van der Waals surface area (Å²) in [6.07, 6.45) is -3.76. The van der Waals surface area contributed by atoms with Gasteiger partial charge in [0.2, 0.25) is 5.82 Å². The first-order valence-corrected chi connectivity index (χ1v) is 4.90. The quantitative estimate of drug-likeness (QED) is 0.478. The average molecular weight is 247 g/mol. The Morgan fingerprint density at radius 2 is 2.12 bits per heavy atom. The van der Waals surface area contributed by atoms with E-state index >= 15 is 0 Å². The molecule has 0 aliphatic heterocycles. The van der Waals surface area contributed by atoms with Gasteiger partial charge in [-0.2, -0.15) is 13.2 Å². The first-order chi connectivity index (χ1) is 7.52. The molecule has 16 heavy (non-hydrogen) atoms. The van der Waals surface area contributed by atoms with Gasteiger partial charge in [-0.3, -0.25) is 0 Å². The van der Waals surface area contributed by atoms with Crippen LogP contribution in [0.1, 0.15) is 11.5 Å². The topological polar surface area (TPSA) is 58.4 Å². The standard InChI is InChI=1S/C8H4F3N3OS/c9-8(10,11)7-13-4-1-2-16-6(4)5(14-7)3-12-15/h1-3,15H. The second-order valence-electron chi connectivity index (χ2n) is 2.81. The minimum Gasteiger partial charge on any atom is -0.411 e. The van der Waals surface area contributed by atoms with Gasteiger partial charge in [-0.15, -0.1) is 11.3 Å². The molecule has 1 N–H and O–H groups in total. The molecule has 0 saturated carbocycles. The van der Waals surface area contributed by atoms with E-state index in [1.165, 1.54) is 17.4 Å². The lowest BCUT2D eigenvalue weighted by Crippen LogP contribution is -2.12. The molecule has 0 radical (unpaired) electrons. The Kier molecular flexibility index (Phi) is 2.50. The molecule has 0 aliphatic carbocycles. The predicted molar refractivity (Wildman–Crippen MR) is 51.8 cm³/mol. The van der Waals surface area contributed by atoms with E-state index < -0.39 is 12.0 Å². The molecule has 0 amide bonds. The number of hydrogen-bond donors (Lipinski definition) is 1. The lowest BCUT2D eigenvalue weighted by Gasteiger charge is -2.05. The molecule has 2 heterocycles. The van der Waals surface area contributed by atoms with Crippen LogP contribution in [0.25, 0.3) is 10.2 Å². The molecule has 4 nitrogen and oxygen atoms in total. The smallest absolute Gasteiger partial charge is 0.411 e. The van der Waals surface area contributed by atoms with Gasteiger partial charge in [0.15, 0.2) is 0 Å². The highest BCUT2D eigenvalue weighted by molar-refractivity contribution is 7.17. The zero-order valence-corrected chi connectivity index (χ0v) is 8.38. The molecule has 2 aromatic heterocycles. The van der Waals surface area contributed by atoms with Crippen molar-refractivity contribution in [2.45, 2.75) is 6.18 Å². The summed E-state index contributed by atoms with van der Waals surface area (Å²) in [6, 6.07) is 1.45. The maximum Gasteiger partial charge on any atom is 0.451 e. The van der Waals surface area contributed by atoms with Crippen LogP contribution in [-0.2, 0) is 6.18 Å². The van der Waals surface area contributed by atoms with E-state index in [0.29, 0.717) is 4.70 Å². The molecule has 0 bridgehead atoms. The monoisotopic (exact) mass is 247 g/mol. The summed E-state index contributed by atoms with van der Waals surface area (Å²) in [6.45, 7) is 0. The Balaban J connectivity index is 2.71. The second kappa shape index (κ2) is 3.71. The number of thiophene rings is 1. The maximum absolute atomic E-state index is 12.4. The first kappa shape index (κ1) is 10.8. The van der Waals surface area contributed by atoms with E-state index in [4.69, 9.17) is 5.21 Å². The van der Waals surface area contributed by atoms with Gasteiger partial charge in [0.1, 0.15) is 5.69 Å². The van der Waals surface area contributed by atoms with E-state index in [0.717, 1.165) is 6.21 Å². The molecule has 0 aromatic carbocycles. The van der Waals surface area contributed by atoms with E-state index in [1.807, 2.05) is 0 Å². The van der Waals surface area contributed by atoms with Crippen molar-refractivity contribution in [2.24, 2.45) is 5.16 Å². The number of oxime groups is 1. The van der Waals surface area contributed by atoms with Gasteiger partial charge in [-0.05, 0) is 11.4 Å². The van der Waals surface area contributed by atoms with Crippen molar-refractivity contribution in [1.29, 1.82) is 0 Å². The van der Waals surface area contributed by atoms with Gasteiger partial charge >= 0.3 is 6.18 Å². The Morgan fingerprint density at radius 1 is 1.38 bits per heavy atom. The fourth-order valence-electron chi connectivity index (χ4n) is 1.16. The van der Waals surface area contributed by atoms with E-state index in [-0.39, 0.29) is 11.2 Å². The average Bonchev–Trinajstić information content (AvgIpc) is 2.64. The lowest BCUT2D eigenvalue weighted by molar-refractivity contribution is -0.144. The van der Waals surface area contributed by atoms with Crippen LogP contribution in [0.15, 0.2) is 16.6 Å². The van der Waals surface area contributed by atoms with Crippen molar-refractivity contribution in [3.8, 4) is 0 Å². The molecule has 0 saturated heterocycles. The van der Waals surface area contributed by atoms with Crippen LogP contribution in [-0.4, -0.2) is 21.4 Å². The fourth-order valence-corrected chi connectivity index (χ4v) is 1.94. The highest BCUT2D eigenvalue weighted by Crippen LogP contribution is 2.29. The summed E-state index contributed by atoms with van der Waals surface area (Å²) in [4.78, 5) is 6.68. The third-order valence-electron chi connectivity index (χ3n) is 1.76. The Bertz CT molecular complexity index is 549. The SMILES string of the molecule is ON=Cc1nc(C(F)(F)F)nc2ccsc12. The van der Waals surface area contributed by atoms with E-state index in [9.17, 15) is 13.2 Å². The molecule has 2 rings (SSSR count). The first-order valence-electron chi connectivity index (χ1n) is 4.02. The van der Waals surface area contributed by atoms with Crippen LogP contribution < -0.4 is 0 Å². The third kappa shape index (κ3) is 1.83. The highest BCUT2D eigenvalue weighted by atomic mass is 32.1. The Morgan fingerprint density at radius 3 is 2.75 bits per heavy atom. The van der Waals surface area contributed by atoms with Crippen molar-refractivity contribution in [2.75, 3.05) is 0 Å². The van der Waals surface area contributed by atoms with Gasteiger partial charge in [0.25, 0.3) is 0 Å². The Hall–Kier alpha value is -1.70. The Labute approximate surface area is 91.1 Å². The zero-order chi connectivity index (χ0) is 11.8. The summed E-state index contributed by atoms with van der Waals surface area (Å²) in [5.74, 6) is -1.24. The lowest BCUT2D eigenvalue weighted by atomic mass is 10.3. The van der Waals surface area contributed by atoms with Crippen LogP contribution in [0.2, 0.25) is 0 Å². The van der Waals surface area contributed by atoms with E-state index in [1.54, 1.807) is 5.38 Å². The number of nitrogens with zero attached hydrogens (tertiary/aromatic N) is 3. The molecular weight excluding hydrogens is 243 g/mol. The van der Waals surface area contributed by atoms with Crippen LogP contribution in [0.5, 0.6) is 0 Å². The van der Waals surface area contributed by atoms with Crippen molar-refractivity contribution in [3.63, 3.8) is 0 Å². The fraction of sp³-hybridized carbons (Fsp3) is 0.125. The van der Waals surface area contributed by atoms with Crippen LogP contribution >= 0.6 is 11.3 Å². The molecule has 0 spiro atoms. The van der Waals surface area contributed by atoms with Crippen LogP contribution in [0.3, 0.4) is 0 Å². The molecule has 0 unspecified atom stereocenters. The molecule has 0 aliphatic rings. The number of hydrogen-bond acceptors (Lipinski definition) is 5. The van der Waals surface area contributed by atoms with Crippen molar-refractivity contribution >= 4 is 27.8 Å². The normalized spacial score (nSPS) is 12.7. The summed E-state index contributed by atoms with van der Waals surface area (Å²) in [7, 11) is 0.